The molecular weight excluding hydrogens is 385 g/mol. The second-order valence-electron chi connectivity index (χ2n) is 10.0. The molecule has 5 nitrogen and oxygen atoms in total. The summed E-state index contributed by atoms with van der Waals surface area (Å²) in [5, 5.41) is 0. The van der Waals surface area contributed by atoms with Crippen LogP contribution in [0.15, 0.2) is 30.3 Å². The third-order valence-corrected chi connectivity index (χ3v) is 6.54. The van der Waals surface area contributed by atoms with Crippen LogP contribution in [-0.2, 0) is 20.9 Å². The van der Waals surface area contributed by atoms with Crippen molar-refractivity contribution in [3.05, 3.63) is 35.9 Å². The number of amides is 1. The minimum atomic E-state index is -1.09. The van der Waals surface area contributed by atoms with E-state index < -0.39 is 35.8 Å². The third-order valence-electron chi connectivity index (χ3n) is 6.54. The smallest absolute Gasteiger partial charge is 0.411 e. The van der Waals surface area contributed by atoms with Gasteiger partial charge in [-0.1, -0.05) is 43.2 Å². The number of ether oxygens (including phenoxy) is 2. The van der Waals surface area contributed by atoms with Crippen molar-refractivity contribution in [2.45, 2.75) is 83.3 Å². The number of alkyl halides is 1. The van der Waals surface area contributed by atoms with Crippen molar-refractivity contribution in [2.75, 3.05) is 0 Å². The SMILES string of the molecule is CC(C)(C)OC(=O)N1[C@H](C(=O)OCc2ccccc2)[C@@H]2CC[C@H]1[C@H](CC1CC1)[C@H]2F. The molecule has 2 heterocycles. The highest BCUT2D eigenvalue weighted by Gasteiger charge is 2.59. The first-order valence-corrected chi connectivity index (χ1v) is 11.1. The Balaban J connectivity index is 1.55. The summed E-state index contributed by atoms with van der Waals surface area (Å²) in [7, 11) is 0. The van der Waals surface area contributed by atoms with Crippen molar-refractivity contribution >= 4 is 12.1 Å². The minimum absolute atomic E-state index is 0.109. The number of halogens is 1. The number of benzene rings is 1. The molecule has 2 saturated carbocycles. The Kier molecular flexibility index (Phi) is 5.78. The number of hydrogen-bond acceptors (Lipinski definition) is 4. The molecule has 164 valence electrons. The van der Waals surface area contributed by atoms with E-state index >= 15 is 4.39 Å². The lowest BCUT2D eigenvalue weighted by molar-refractivity contribution is -0.170. The van der Waals surface area contributed by atoms with Gasteiger partial charge in [-0.25, -0.2) is 14.0 Å². The fourth-order valence-corrected chi connectivity index (χ4v) is 5.05. The van der Waals surface area contributed by atoms with Gasteiger partial charge in [-0.2, -0.15) is 0 Å². The fraction of sp³-hybridized carbons (Fsp3) is 0.667. The van der Waals surface area contributed by atoms with Gasteiger partial charge in [0.2, 0.25) is 0 Å². The predicted octanol–water partition coefficient (Wildman–Crippen LogP) is 4.88. The van der Waals surface area contributed by atoms with Crippen LogP contribution in [0.25, 0.3) is 0 Å². The number of hydrogen-bond donors (Lipinski definition) is 0. The molecule has 1 amide bonds. The van der Waals surface area contributed by atoms with Gasteiger partial charge in [-0.3, -0.25) is 4.90 Å². The molecule has 5 rings (SSSR count). The summed E-state index contributed by atoms with van der Waals surface area (Å²) in [5.41, 5.74) is 0.173. The van der Waals surface area contributed by atoms with E-state index in [1.807, 2.05) is 30.3 Å². The van der Waals surface area contributed by atoms with Crippen LogP contribution < -0.4 is 0 Å². The van der Waals surface area contributed by atoms with Gasteiger partial charge < -0.3 is 9.47 Å². The van der Waals surface area contributed by atoms with Gasteiger partial charge in [0.25, 0.3) is 0 Å². The normalized spacial score (nSPS) is 30.8. The summed E-state index contributed by atoms with van der Waals surface area (Å²) in [5.74, 6) is -0.736. The minimum Gasteiger partial charge on any atom is -0.459 e. The molecule has 4 aliphatic rings. The molecule has 5 atom stereocenters. The molecule has 0 aromatic heterocycles. The standard InChI is InChI=1S/C24H32FNO4/c1-24(2,3)30-23(28)26-19-12-11-17(20(25)18(19)13-15-9-10-15)21(26)22(27)29-14-16-7-5-4-6-8-16/h4-8,15,17-21H,9-14H2,1-3H3/t17-,18+,19+,20+,21+/m1/s1. The first kappa shape index (κ1) is 21.1. The van der Waals surface area contributed by atoms with Gasteiger partial charge in [-0.15, -0.1) is 0 Å². The van der Waals surface area contributed by atoms with Crippen LogP contribution in [0, 0.1) is 17.8 Å². The predicted molar refractivity (Wildman–Crippen MR) is 110 cm³/mol. The lowest BCUT2D eigenvalue weighted by Crippen LogP contribution is -2.68. The van der Waals surface area contributed by atoms with E-state index in [1.165, 1.54) is 4.90 Å². The van der Waals surface area contributed by atoms with Gasteiger partial charge in [0.15, 0.2) is 0 Å². The second-order valence-corrected chi connectivity index (χ2v) is 10.0. The molecular formula is C24H32FNO4. The van der Waals surface area contributed by atoms with Crippen LogP contribution in [0.3, 0.4) is 0 Å². The quantitative estimate of drug-likeness (QED) is 0.641. The fourth-order valence-electron chi connectivity index (χ4n) is 5.05. The Morgan fingerprint density at radius 3 is 2.43 bits per heavy atom. The van der Waals surface area contributed by atoms with Crippen molar-refractivity contribution < 1.29 is 23.5 Å². The van der Waals surface area contributed by atoms with Gasteiger partial charge >= 0.3 is 12.1 Å². The average Bonchev–Trinajstić information content (AvgIpc) is 3.51. The molecule has 2 saturated heterocycles. The lowest BCUT2D eigenvalue weighted by atomic mass is 9.66. The first-order chi connectivity index (χ1) is 14.2. The van der Waals surface area contributed by atoms with Crippen LogP contribution >= 0.6 is 0 Å². The molecule has 6 heteroatoms. The van der Waals surface area contributed by atoms with E-state index in [4.69, 9.17) is 9.47 Å². The van der Waals surface area contributed by atoms with Crippen molar-refractivity contribution in [2.24, 2.45) is 17.8 Å². The average molecular weight is 418 g/mol. The van der Waals surface area contributed by atoms with Gasteiger partial charge in [0, 0.05) is 17.9 Å². The maximum absolute atomic E-state index is 15.5. The second kappa shape index (κ2) is 8.20. The third kappa shape index (κ3) is 4.47. The summed E-state index contributed by atoms with van der Waals surface area (Å²) in [4.78, 5) is 27.7. The van der Waals surface area contributed by atoms with Crippen LogP contribution in [-0.4, -0.2) is 40.8 Å². The van der Waals surface area contributed by atoms with Gasteiger partial charge in [0.1, 0.15) is 24.4 Å². The van der Waals surface area contributed by atoms with E-state index in [1.54, 1.807) is 20.8 Å². The largest absolute Gasteiger partial charge is 0.459 e. The van der Waals surface area contributed by atoms with Crippen LogP contribution in [0.2, 0.25) is 0 Å². The van der Waals surface area contributed by atoms with E-state index in [0.717, 1.165) is 24.8 Å². The van der Waals surface area contributed by atoms with Crippen molar-refractivity contribution in [3.8, 4) is 0 Å². The van der Waals surface area contributed by atoms with E-state index in [9.17, 15) is 9.59 Å². The van der Waals surface area contributed by atoms with E-state index in [0.29, 0.717) is 18.8 Å². The van der Waals surface area contributed by atoms with Crippen molar-refractivity contribution in [3.63, 3.8) is 0 Å². The Morgan fingerprint density at radius 2 is 1.80 bits per heavy atom. The highest BCUT2D eigenvalue weighted by Crippen LogP contribution is 2.50. The zero-order valence-electron chi connectivity index (χ0n) is 18.1. The summed E-state index contributed by atoms with van der Waals surface area (Å²) < 4.78 is 26.7. The molecule has 0 radical (unpaired) electrons. The number of nitrogens with zero attached hydrogens (tertiary/aromatic N) is 1. The number of esters is 1. The molecule has 2 aliphatic heterocycles. The van der Waals surface area contributed by atoms with Crippen LogP contribution in [0.5, 0.6) is 0 Å². The Bertz CT molecular complexity index is 773. The molecule has 30 heavy (non-hydrogen) atoms. The number of carbonyl (C=O) groups is 2. The summed E-state index contributed by atoms with van der Waals surface area (Å²) in [6, 6.07) is 8.15. The Morgan fingerprint density at radius 1 is 1.10 bits per heavy atom. The molecule has 1 aromatic rings. The Hall–Kier alpha value is -2.11. The molecule has 4 fully saturated rings. The van der Waals surface area contributed by atoms with Crippen molar-refractivity contribution in [1.82, 2.24) is 4.90 Å². The molecule has 2 bridgehead atoms. The number of fused-ring (bicyclic) bond motifs is 3. The summed E-state index contributed by atoms with van der Waals surface area (Å²) in [6.45, 7) is 5.51. The topological polar surface area (TPSA) is 55.8 Å². The summed E-state index contributed by atoms with van der Waals surface area (Å²) in [6.07, 6.45) is 2.74. The maximum atomic E-state index is 15.5. The maximum Gasteiger partial charge on any atom is 0.411 e. The number of rotatable bonds is 5. The molecule has 0 spiro atoms. The zero-order valence-corrected chi connectivity index (χ0v) is 18.1. The van der Waals surface area contributed by atoms with Gasteiger partial charge in [-0.05, 0) is 51.5 Å². The number of carbonyl (C=O) groups excluding carboxylic acids is 2. The highest BCUT2D eigenvalue weighted by atomic mass is 19.1. The monoisotopic (exact) mass is 417 g/mol. The first-order valence-electron chi connectivity index (χ1n) is 11.1. The molecule has 0 N–H and O–H groups in total. The molecule has 2 aliphatic carbocycles. The van der Waals surface area contributed by atoms with Gasteiger partial charge in [0.05, 0.1) is 0 Å². The highest BCUT2D eigenvalue weighted by molar-refractivity contribution is 5.83. The van der Waals surface area contributed by atoms with Crippen LogP contribution in [0.1, 0.15) is 58.4 Å². The molecule has 0 unspecified atom stereocenters. The zero-order chi connectivity index (χ0) is 21.5. The lowest BCUT2D eigenvalue weighted by Gasteiger charge is -2.55. The summed E-state index contributed by atoms with van der Waals surface area (Å²) >= 11 is 0. The van der Waals surface area contributed by atoms with E-state index in [2.05, 4.69) is 0 Å². The number of piperidine rings is 2. The Labute approximate surface area is 177 Å². The van der Waals surface area contributed by atoms with Crippen LogP contribution in [0.4, 0.5) is 9.18 Å². The molecule has 1 aromatic carbocycles. The van der Waals surface area contributed by atoms with E-state index in [-0.39, 0.29) is 18.6 Å². The van der Waals surface area contributed by atoms with Crippen molar-refractivity contribution in [1.29, 1.82) is 0 Å².